The summed E-state index contributed by atoms with van der Waals surface area (Å²) < 4.78 is 0. The fraction of sp³-hybridized carbons (Fsp3) is 0.462. The van der Waals surface area contributed by atoms with Crippen molar-refractivity contribution in [2.45, 2.75) is 19.6 Å². The number of halogens is 2. The third-order valence-electron chi connectivity index (χ3n) is 2.38. The number of rotatable bonds is 6. The molecule has 0 fully saturated rings. The van der Waals surface area contributed by atoms with Crippen LogP contribution in [0, 0.1) is 5.92 Å². The molecule has 1 N–H and O–H groups in total. The van der Waals surface area contributed by atoms with Crippen molar-refractivity contribution < 1.29 is 4.79 Å². The molecule has 0 aromatic heterocycles. The lowest BCUT2D eigenvalue weighted by molar-refractivity contribution is -0.123. The van der Waals surface area contributed by atoms with Gasteiger partial charge in [0.2, 0.25) is 5.91 Å². The van der Waals surface area contributed by atoms with Crippen LogP contribution in [-0.4, -0.2) is 18.2 Å². The van der Waals surface area contributed by atoms with Crippen molar-refractivity contribution in [3.63, 3.8) is 0 Å². The molecule has 0 aliphatic carbocycles. The SMILES string of the molecule is CC(C)C(=O)NCCSCc1c(Cl)cccc1Cl. The van der Waals surface area contributed by atoms with Gasteiger partial charge in [-0.2, -0.15) is 11.8 Å². The average molecular weight is 306 g/mol. The number of benzene rings is 1. The van der Waals surface area contributed by atoms with Gasteiger partial charge < -0.3 is 5.32 Å². The molecule has 0 spiro atoms. The maximum atomic E-state index is 11.3. The lowest BCUT2D eigenvalue weighted by Crippen LogP contribution is -2.29. The van der Waals surface area contributed by atoms with E-state index in [4.69, 9.17) is 23.2 Å². The summed E-state index contributed by atoms with van der Waals surface area (Å²) in [5, 5.41) is 4.26. The number of carbonyl (C=O) groups is 1. The van der Waals surface area contributed by atoms with Gasteiger partial charge >= 0.3 is 0 Å². The van der Waals surface area contributed by atoms with E-state index in [9.17, 15) is 4.79 Å². The molecule has 1 aromatic carbocycles. The van der Waals surface area contributed by atoms with Gasteiger partial charge in [0.1, 0.15) is 0 Å². The first kappa shape index (κ1) is 15.7. The zero-order valence-corrected chi connectivity index (χ0v) is 12.8. The minimum absolute atomic E-state index is 0.0352. The summed E-state index contributed by atoms with van der Waals surface area (Å²) in [7, 11) is 0. The Morgan fingerprint density at radius 3 is 2.50 bits per heavy atom. The monoisotopic (exact) mass is 305 g/mol. The molecular weight excluding hydrogens is 289 g/mol. The molecule has 0 atom stereocenters. The van der Waals surface area contributed by atoms with E-state index in [0.29, 0.717) is 16.6 Å². The van der Waals surface area contributed by atoms with Crippen LogP contribution >= 0.6 is 35.0 Å². The van der Waals surface area contributed by atoms with E-state index in [2.05, 4.69) is 5.32 Å². The normalized spacial score (nSPS) is 10.7. The van der Waals surface area contributed by atoms with E-state index in [1.54, 1.807) is 11.8 Å². The van der Waals surface area contributed by atoms with E-state index in [-0.39, 0.29) is 11.8 Å². The fourth-order valence-corrected chi connectivity index (χ4v) is 2.89. The summed E-state index contributed by atoms with van der Waals surface area (Å²) in [5.41, 5.74) is 0.959. The minimum Gasteiger partial charge on any atom is -0.355 e. The van der Waals surface area contributed by atoms with Gasteiger partial charge in [0, 0.05) is 34.0 Å². The highest BCUT2D eigenvalue weighted by Gasteiger charge is 2.07. The van der Waals surface area contributed by atoms with Crippen LogP contribution in [0.4, 0.5) is 0 Å². The molecule has 100 valence electrons. The van der Waals surface area contributed by atoms with Crippen molar-refractivity contribution in [1.82, 2.24) is 5.32 Å². The van der Waals surface area contributed by atoms with Gasteiger partial charge in [-0.3, -0.25) is 4.79 Å². The Hall–Kier alpha value is -0.380. The first-order valence-corrected chi connectivity index (χ1v) is 7.71. The van der Waals surface area contributed by atoms with Crippen molar-refractivity contribution in [2.24, 2.45) is 5.92 Å². The van der Waals surface area contributed by atoms with Crippen LogP contribution in [-0.2, 0) is 10.5 Å². The van der Waals surface area contributed by atoms with Gasteiger partial charge in [-0.1, -0.05) is 43.1 Å². The van der Waals surface area contributed by atoms with Crippen molar-refractivity contribution in [3.8, 4) is 0 Å². The Morgan fingerprint density at radius 1 is 1.33 bits per heavy atom. The van der Waals surface area contributed by atoms with Gasteiger partial charge in [0.15, 0.2) is 0 Å². The van der Waals surface area contributed by atoms with Gasteiger partial charge in [0.05, 0.1) is 0 Å². The number of amides is 1. The van der Waals surface area contributed by atoms with Crippen molar-refractivity contribution in [2.75, 3.05) is 12.3 Å². The van der Waals surface area contributed by atoms with Crippen LogP contribution in [0.1, 0.15) is 19.4 Å². The van der Waals surface area contributed by atoms with Crippen molar-refractivity contribution in [1.29, 1.82) is 0 Å². The quantitative estimate of drug-likeness (QED) is 0.805. The highest BCUT2D eigenvalue weighted by molar-refractivity contribution is 7.98. The second-order valence-corrected chi connectivity index (χ2v) is 6.12. The van der Waals surface area contributed by atoms with E-state index >= 15 is 0 Å². The number of nitrogens with one attached hydrogen (secondary N) is 1. The summed E-state index contributed by atoms with van der Waals surface area (Å²) in [4.78, 5) is 11.3. The molecule has 0 radical (unpaired) electrons. The number of carbonyl (C=O) groups excluding carboxylic acids is 1. The average Bonchev–Trinajstić information content (AvgIpc) is 2.31. The first-order valence-electron chi connectivity index (χ1n) is 5.80. The maximum absolute atomic E-state index is 11.3. The van der Waals surface area contributed by atoms with Crippen LogP contribution < -0.4 is 5.32 Å². The molecule has 5 heteroatoms. The third kappa shape index (κ3) is 5.09. The lowest BCUT2D eigenvalue weighted by Gasteiger charge is -2.08. The second kappa shape index (κ2) is 7.93. The molecule has 0 saturated heterocycles. The van der Waals surface area contributed by atoms with Crippen LogP contribution in [0.5, 0.6) is 0 Å². The maximum Gasteiger partial charge on any atom is 0.222 e. The molecule has 0 saturated carbocycles. The summed E-state index contributed by atoms with van der Waals surface area (Å²) in [5.74, 6) is 1.73. The fourth-order valence-electron chi connectivity index (χ4n) is 1.29. The number of thioether (sulfide) groups is 1. The summed E-state index contributed by atoms with van der Waals surface area (Å²) in [6.07, 6.45) is 0. The van der Waals surface area contributed by atoms with Gasteiger partial charge in [-0.15, -0.1) is 0 Å². The van der Waals surface area contributed by atoms with Crippen LogP contribution in [0.25, 0.3) is 0 Å². The molecule has 18 heavy (non-hydrogen) atoms. The molecule has 0 unspecified atom stereocenters. The van der Waals surface area contributed by atoms with E-state index in [0.717, 1.165) is 17.1 Å². The Labute approximate surface area is 122 Å². The highest BCUT2D eigenvalue weighted by Crippen LogP contribution is 2.27. The predicted molar refractivity (Wildman–Crippen MR) is 80.5 cm³/mol. The zero-order valence-electron chi connectivity index (χ0n) is 10.5. The minimum atomic E-state index is 0.0352. The van der Waals surface area contributed by atoms with Crippen LogP contribution in [0.15, 0.2) is 18.2 Å². The molecule has 0 heterocycles. The third-order valence-corrected chi connectivity index (χ3v) is 4.07. The van der Waals surface area contributed by atoms with E-state index in [1.807, 2.05) is 32.0 Å². The Kier molecular flexibility index (Phi) is 6.90. The van der Waals surface area contributed by atoms with Crippen LogP contribution in [0.3, 0.4) is 0 Å². The smallest absolute Gasteiger partial charge is 0.222 e. The standard InChI is InChI=1S/C13H17Cl2NOS/c1-9(2)13(17)16-6-7-18-8-10-11(14)4-3-5-12(10)15/h3-5,9H,6-8H2,1-2H3,(H,16,17). The molecule has 1 aromatic rings. The Balaban J connectivity index is 2.28. The molecule has 0 aliphatic heterocycles. The van der Waals surface area contributed by atoms with Crippen LogP contribution in [0.2, 0.25) is 10.0 Å². The van der Waals surface area contributed by atoms with Gasteiger partial charge in [0.25, 0.3) is 0 Å². The largest absolute Gasteiger partial charge is 0.355 e. The molecule has 0 aliphatic rings. The molecular formula is C13H17Cl2NOS. The first-order chi connectivity index (χ1) is 8.52. The summed E-state index contributed by atoms with van der Waals surface area (Å²) >= 11 is 13.8. The lowest BCUT2D eigenvalue weighted by atomic mass is 10.2. The molecule has 2 nitrogen and oxygen atoms in total. The summed E-state index contributed by atoms with van der Waals surface area (Å²) in [6.45, 7) is 4.43. The Bertz CT molecular complexity index is 390. The molecule has 0 bridgehead atoms. The zero-order chi connectivity index (χ0) is 13.5. The van der Waals surface area contributed by atoms with Crippen molar-refractivity contribution >= 4 is 40.9 Å². The van der Waals surface area contributed by atoms with Crippen molar-refractivity contribution in [3.05, 3.63) is 33.8 Å². The topological polar surface area (TPSA) is 29.1 Å². The summed E-state index contributed by atoms with van der Waals surface area (Å²) in [6, 6.07) is 5.51. The van der Waals surface area contributed by atoms with Gasteiger partial charge in [-0.05, 0) is 17.7 Å². The highest BCUT2D eigenvalue weighted by atomic mass is 35.5. The second-order valence-electron chi connectivity index (χ2n) is 4.20. The number of hydrogen-bond acceptors (Lipinski definition) is 2. The van der Waals surface area contributed by atoms with E-state index < -0.39 is 0 Å². The van der Waals surface area contributed by atoms with E-state index in [1.165, 1.54) is 0 Å². The predicted octanol–water partition coefficient (Wildman–Crippen LogP) is 4.00. The molecule has 1 rings (SSSR count). The Morgan fingerprint density at radius 2 is 1.94 bits per heavy atom. The molecule has 1 amide bonds. The van der Waals surface area contributed by atoms with Gasteiger partial charge in [-0.25, -0.2) is 0 Å². The number of hydrogen-bond donors (Lipinski definition) is 1.